The van der Waals surface area contributed by atoms with E-state index in [0.717, 1.165) is 11.0 Å². The lowest BCUT2D eigenvalue weighted by atomic mass is 10.3. The van der Waals surface area contributed by atoms with Crippen molar-refractivity contribution in [2.24, 2.45) is 0 Å². The Hall–Kier alpha value is -0.650. The fraction of sp³-hybridized carbons (Fsp3) is 0.417. The number of carbonyl (C=O) groups is 1. The molecule has 0 N–H and O–H groups in total. The van der Waals surface area contributed by atoms with Crippen molar-refractivity contribution < 1.29 is 9.53 Å². The average Bonchev–Trinajstić information content (AvgIpc) is 2.64. The second kappa shape index (κ2) is 6.93. The lowest BCUT2D eigenvalue weighted by Gasteiger charge is -2.16. The summed E-state index contributed by atoms with van der Waals surface area (Å²) in [4.78, 5) is 14.7. The van der Waals surface area contributed by atoms with E-state index in [2.05, 4.69) is 28.6 Å². The Bertz CT molecular complexity index is 403. The number of rotatable bonds is 6. The van der Waals surface area contributed by atoms with Crippen LogP contribution in [-0.4, -0.2) is 31.1 Å². The molecule has 1 heterocycles. The third-order valence-electron chi connectivity index (χ3n) is 2.07. The van der Waals surface area contributed by atoms with Crippen molar-refractivity contribution >= 4 is 33.2 Å². The fourth-order valence-corrected chi connectivity index (χ4v) is 2.91. The normalized spacial score (nSPS) is 10.6. The molecule has 0 aliphatic heterocycles. The number of hydrogen-bond acceptors (Lipinski definition) is 4. The molecule has 0 saturated heterocycles. The monoisotopic (exact) mass is 317 g/mol. The van der Waals surface area contributed by atoms with Crippen molar-refractivity contribution in [1.82, 2.24) is 4.90 Å². The van der Waals surface area contributed by atoms with Gasteiger partial charge in [-0.05, 0) is 36.0 Å². The van der Waals surface area contributed by atoms with Crippen molar-refractivity contribution in [1.29, 1.82) is 0 Å². The highest BCUT2D eigenvalue weighted by molar-refractivity contribution is 9.10. The minimum atomic E-state index is -0.313. The Labute approximate surface area is 114 Å². The van der Waals surface area contributed by atoms with Gasteiger partial charge in [-0.15, -0.1) is 11.3 Å². The van der Waals surface area contributed by atoms with Crippen LogP contribution in [0, 0.1) is 0 Å². The molecule has 0 spiro atoms. The van der Waals surface area contributed by atoms with Gasteiger partial charge in [0.1, 0.15) is 0 Å². The van der Waals surface area contributed by atoms with Gasteiger partial charge in [0, 0.05) is 33.4 Å². The van der Waals surface area contributed by atoms with Gasteiger partial charge in [-0.3, -0.25) is 4.90 Å². The van der Waals surface area contributed by atoms with E-state index in [1.54, 1.807) is 18.3 Å². The first kappa shape index (κ1) is 14.4. The summed E-state index contributed by atoms with van der Waals surface area (Å²) in [6.07, 6.45) is 0. The number of hydrogen-bond donors (Lipinski definition) is 0. The van der Waals surface area contributed by atoms with E-state index >= 15 is 0 Å². The van der Waals surface area contributed by atoms with Gasteiger partial charge in [-0.2, -0.15) is 0 Å². The molecule has 0 aliphatic rings. The van der Waals surface area contributed by atoms with Gasteiger partial charge in [0.05, 0.1) is 6.61 Å². The van der Waals surface area contributed by atoms with Crippen LogP contribution in [0.4, 0.5) is 0 Å². The van der Waals surface area contributed by atoms with Crippen LogP contribution < -0.4 is 0 Å². The topological polar surface area (TPSA) is 29.5 Å². The molecule has 0 amide bonds. The molecule has 0 fully saturated rings. The molecule has 0 saturated carbocycles. The second-order valence-corrected chi connectivity index (χ2v) is 5.64. The molecular formula is C12H16BrNO2S. The van der Waals surface area contributed by atoms with Gasteiger partial charge in [-0.25, -0.2) is 4.79 Å². The van der Waals surface area contributed by atoms with E-state index in [9.17, 15) is 4.79 Å². The molecular weight excluding hydrogens is 302 g/mol. The van der Waals surface area contributed by atoms with Gasteiger partial charge in [0.25, 0.3) is 0 Å². The Morgan fingerprint density at radius 2 is 2.35 bits per heavy atom. The highest BCUT2D eigenvalue weighted by Gasteiger charge is 2.11. The third-order valence-corrected chi connectivity index (χ3v) is 3.75. The van der Waals surface area contributed by atoms with E-state index in [-0.39, 0.29) is 5.97 Å². The van der Waals surface area contributed by atoms with E-state index < -0.39 is 0 Å². The zero-order chi connectivity index (χ0) is 12.8. The first-order valence-corrected chi connectivity index (χ1v) is 6.96. The average molecular weight is 318 g/mol. The van der Waals surface area contributed by atoms with E-state index in [4.69, 9.17) is 4.74 Å². The number of carbonyl (C=O) groups excluding carboxylic acids is 1. The van der Waals surface area contributed by atoms with Gasteiger partial charge in [-0.1, -0.05) is 6.58 Å². The Kier molecular flexibility index (Phi) is 5.88. The third kappa shape index (κ3) is 5.02. The number of esters is 1. The first-order valence-electron chi connectivity index (χ1n) is 5.29. The molecule has 0 bridgehead atoms. The molecule has 0 aliphatic carbocycles. The summed E-state index contributed by atoms with van der Waals surface area (Å²) in [5.74, 6) is -0.313. The summed E-state index contributed by atoms with van der Waals surface area (Å²) >= 11 is 5.11. The quantitative estimate of drug-likeness (QED) is 0.596. The zero-order valence-electron chi connectivity index (χ0n) is 10.0. The summed E-state index contributed by atoms with van der Waals surface area (Å²) in [5, 5.41) is 2.04. The number of thiophene rings is 1. The molecule has 94 valence electrons. The maximum atomic E-state index is 11.4. The van der Waals surface area contributed by atoms with Crippen molar-refractivity contribution in [3.8, 4) is 0 Å². The van der Waals surface area contributed by atoms with Gasteiger partial charge in [0.15, 0.2) is 0 Å². The summed E-state index contributed by atoms with van der Waals surface area (Å²) in [6, 6.07) is 2.08. The highest BCUT2D eigenvalue weighted by Crippen LogP contribution is 2.20. The van der Waals surface area contributed by atoms with E-state index in [1.165, 1.54) is 4.88 Å². The number of likely N-dealkylation sites (N-methyl/N-ethyl adjacent to an activating group) is 1. The van der Waals surface area contributed by atoms with Crippen LogP contribution in [0.15, 0.2) is 28.1 Å². The van der Waals surface area contributed by atoms with E-state index in [0.29, 0.717) is 18.7 Å². The number of nitrogens with zero attached hydrogens (tertiary/aromatic N) is 1. The maximum absolute atomic E-state index is 11.4. The van der Waals surface area contributed by atoms with Crippen LogP contribution in [0.3, 0.4) is 0 Å². The lowest BCUT2D eigenvalue weighted by molar-refractivity contribution is -0.138. The Morgan fingerprint density at radius 3 is 2.88 bits per heavy atom. The predicted molar refractivity (Wildman–Crippen MR) is 74.1 cm³/mol. The minimum Gasteiger partial charge on any atom is -0.463 e. The second-order valence-electron chi connectivity index (χ2n) is 3.73. The number of halogens is 1. The maximum Gasteiger partial charge on any atom is 0.334 e. The standard InChI is InChI=1S/C12H16BrNO2S/c1-4-16-12(15)9(2)6-14(3)7-11-5-10(13)8-17-11/h5,8H,2,4,6-7H2,1,3H3. The van der Waals surface area contributed by atoms with Crippen LogP contribution >= 0.6 is 27.3 Å². The summed E-state index contributed by atoms with van der Waals surface area (Å²) < 4.78 is 5.98. The van der Waals surface area contributed by atoms with Gasteiger partial charge >= 0.3 is 5.97 Å². The molecule has 0 aromatic carbocycles. The van der Waals surface area contributed by atoms with Crippen LogP contribution in [-0.2, 0) is 16.1 Å². The van der Waals surface area contributed by atoms with Crippen LogP contribution in [0.5, 0.6) is 0 Å². The SMILES string of the molecule is C=C(CN(C)Cc1cc(Br)cs1)C(=O)OCC. The molecule has 0 radical (unpaired) electrons. The predicted octanol–water partition coefficient (Wildman–Crippen LogP) is 3.06. The van der Waals surface area contributed by atoms with Crippen LogP contribution in [0.1, 0.15) is 11.8 Å². The molecule has 1 aromatic rings. The van der Waals surface area contributed by atoms with Crippen LogP contribution in [0.2, 0.25) is 0 Å². The first-order chi connectivity index (χ1) is 8.02. The molecule has 0 unspecified atom stereocenters. The highest BCUT2D eigenvalue weighted by atomic mass is 79.9. The van der Waals surface area contributed by atoms with Crippen molar-refractivity contribution in [2.75, 3.05) is 20.2 Å². The molecule has 1 aromatic heterocycles. The zero-order valence-corrected chi connectivity index (χ0v) is 12.4. The Balaban J connectivity index is 2.41. The Morgan fingerprint density at radius 1 is 1.65 bits per heavy atom. The largest absolute Gasteiger partial charge is 0.463 e. The molecule has 1 rings (SSSR count). The van der Waals surface area contributed by atoms with Gasteiger partial charge < -0.3 is 4.74 Å². The molecule has 17 heavy (non-hydrogen) atoms. The van der Waals surface area contributed by atoms with E-state index in [1.807, 2.05) is 17.3 Å². The smallest absolute Gasteiger partial charge is 0.334 e. The fourth-order valence-electron chi connectivity index (χ4n) is 1.38. The van der Waals surface area contributed by atoms with Crippen molar-refractivity contribution in [3.05, 3.63) is 32.9 Å². The molecule has 5 heteroatoms. The lowest BCUT2D eigenvalue weighted by Crippen LogP contribution is -2.23. The van der Waals surface area contributed by atoms with Crippen molar-refractivity contribution in [3.63, 3.8) is 0 Å². The minimum absolute atomic E-state index is 0.313. The van der Waals surface area contributed by atoms with Gasteiger partial charge in [0.2, 0.25) is 0 Å². The summed E-state index contributed by atoms with van der Waals surface area (Å²) in [5.41, 5.74) is 0.491. The molecule has 3 nitrogen and oxygen atoms in total. The summed E-state index contributed by atoms with van der Waals surface area (Å²) in [6.45, 7) is 7.24. The molecule has 0 atom stereocenters. The summed E-state index contributed by atoms with van der Waals surface area (Å²) in [7, 11) is 1.96. The van der Waals surface area contributed by atoms with Crippen molar-refractivity contribution in [2.45, 2.75) is 13.5 Å². The number of ether oxygens (including phenoxy) is 1. The van der Waals surface area contributed by atoms with Crippen LogP contribution in [0.25, 0.3) is 0 Å².